The molecule has 26 heavy (non-hydrogen) atoms. The molecule has 0 spiro atoms. The molecule has 7 heteroatoms. The van der Waals surface area contributed by atoms with Crippen LogP contribution in [0.3, 0.4) is 0 Å². The van der Waals surface area contributed by atoms with Crippen molar-refractivity contribution in [3.8, 4) is 0 Å². The average Bonchev–Trinajstić information content (AvgIpc) is 2.69. The molecule has 1 amide bonds. The first-order valence-electron chi connectivity index (χ1n) is 8.57. The summed E-state index contributed by atoms with van der Waals surface area (Å²) in [4.78, 5) is 27.3. The molecule has 0 unspecified atom stereocenters. The van der Waals surface area contributed by atoms with Gasteiger partial charge in [0.25, 0.3) is 5.91 Å². The van der Waals surface area contributed by atoms with Crippen molar-refractivity contribution in [1.29, 1.82) is 0 Å². The topological polar surface area (TPSA) is 91.2 Å². The Kier molecular flexibility index (Phi) is 4.45. The van der Waals surface area contributed by atoms with Crippen LogP contribution in [0.5, 0.6) is 0 Å². The van der Waals surface area contributed by atoms with Gasteiger partial charge < -0.3 is 15.3 Å². The lowest BCUT2D eigenvalue weighted by Gasteiger charge is -2.36. The maximum Gasteiger partial charge on any atom is 0.270 e. The van der Waals surface area contributed by atoms with Crippen LogP contribution in [0.15, 0.2) is 54.9 Å². The van der Waals surface area contributed by atoms with Crippen LogP contribution in [-0.4, -0.2) is 51.2 Å². The number of pyridine rings is 1. The number of benzene rings is 1. The molecule has 1 fully saturated rings. The van der Waals surface area contributed by atoms with Crippen LogP contribution in [0.25, 0.3) is 11.0 Å². The van der Waals surface area contributed by atoms with Crippen molar-refractivity contribution in [2.45, 2.75) is 18.6 Å². The van der Waals surface area contributed by atoms with E-state index in [1.807, 2.05) is 29.2 Å². The monoisotopic (exact) mass is 349 g/mol. The van der Waals surface area contributed by atoms with E-state index in [4.69, 9.17) is 0 Å². The number of piperidine rings is 1. The van der Waals surface area contributed by atoms with E-state index in [0.717, 1.165) is 16.9 Å². The number of amides is 1. The SMILES string of the molecule is O=C(N[C@@H]1CCN(c2cnc3ccccc3n2)C[C@H]1O)c1ccccn1. The van der Waals surface area contributed by atoms with Crippen molar-refractivity contribution in [1.82, 2.24) is 20.3 Å². The summed E-state index contributed by atoms with van der Waals surface area (Å²) >= 11 is 0. The third-order valence-corrected chi connectivity index (χ3v) is 4.56. The average molecular weight is 349 g/mol. The second kappa shape index (κ2) is 7.05. The zero-order valence-corrected chi connectivity index (χ0v) is 14.1. The first kappa shape index (κ1) is 16.4. The molecular weight excluding hydrogens is 330 g/mol. The highest BCUT2D eigenvalue weighted by Crippen LogP contribution is 2.20. The van der Waals surface area contributed by atoms with E-state index >= 15 is 0 Å². The number of carbonyl (C=O) groups excluding carboxylic acids is 1. The summed E-state index contributed by atoms with van der Waals surface area (Å²) < 4.78 is 0. The van der Waals surface area contributed by atoms with E-state index in [9.17, 15) is 9.90 Å². The van der Waals surface area contributed by atoms with Crippen LogP contribution in [0.2, 0.25) is 0 Å². The Labute approximate surface area is 150 Å². The molecule has 1 aliphatic rings. The molecule has 0 saturated carbocycles. The van der Waals surface area contributed by atoms with Gasteiger partial charge in [-0.15, -0.1) is 0 Å². The highest BCUT2D eigenvalue weighted by molar-refractivity contribution is 5.92. The van der Waals surface area contributed by atoms with E-state index in [2.05, 4.69) is 20.3 Å². The summed E-state index contributed by atoms with van der Waals surface area (Å²) in [6.45, 7) is 1.07. The van der Waals surface area contributed by atoms with Crippen molar-refractivity contribution < 1.29 is 9.90 Å². The van der Waals surface area contributed by atoms with Crippen LogP contribution in [0.1, 0.15) is 16.9 Å². The first-order chi connectivity index (χ1) is 12.7. The van der Waals surface area contributed by atoms with Crippen molar-refractivity contribution in [2.24, 2.45) is 0 Å². The van der Waals surface area contributed by atoms with Gasteiger partial charge in [0.1, 0.15) is 11.5 Å². The highest BCUT2D eigenvalue weighted by atomic mass is 16.3. The fraction of sp³-hybridized carbons (Fsp3) is 0.263. The smallest absolute Gasteiger partial charge is 0.270 e. The van der Waals surface area contributed by atoms with Gasteiger partial charge in [-0.2, -0.15) is 0 Å². The number of anilines is 1. The summed E-state index contributed by atoms with van der Waals surface area (Å²) in [5, 5.41) is 13.4. The first-order valence-corrected chi connectivity index (χ1v) is 8.57. The molecule has 0 bridgehead atoms. The quantitative estimate of drug-likeness (QED) is 0.743. The summed E-state index contributed by atoms with van der Waals surface area (Å²) in [7, 11) is 0. The van der Waals surface area contributed by atoms with Crippen molar-refractivity contribution >= 4 is 22.8 Å². The maximum atomic E-state index is 12.2. The lowest BCUT2D eigenvalue weighted by molar-refractivity contribution is 0.0793. The van der Waals surface area contributed by atoms with Crippen molar-refractivity contribution in [3.63, 3.8) is 0 Å². The number of aliphatic hydroxyl groups excluding tert-OH is 1. The third-order valence-electron chi connectivity index (χ3n) is 4.56. The molecule has 7 nitrogen and oxygen atoms in total. The largest absolute Gasteiger partial charge is 0.389 e. The molecule has 3 aromatic rings. The predicted molar refractivity (Wildman–Crippen MR) is 97.9 cm³/mol. The molecule has 2 N–H and O–H groups in total. The number of para-hydroxylation sites is 2. The maximum absolute atomic E-state index is 12.2. The Balaban J connectivity index is 1.43. The molecule has 1 aromatic carbocycles. The zero-order chi connectivity index (χ0) is 17.9. The minimum Gasteiger partial charge on any atom is -0.389 e. The standard InChI is InChI=1S/C19H19N5O2/c25-17-12-24(18-11-21-13-5-1-2-6-14(13)22-18)10-8-15(17)23-19(26)16-7-3-4-9-20-16/h1-7,9,11,15,17,25H,8,10,12H2,(H,23,26)/t15-,17-/m1/s1. The van der Waals surface area contributed by atoms with Gasteiger partial charge in [0.05, 0.1) is 29.4 Å². The zero-order valence-electron chi connectivity index (χ0n) is 14.1. The van der Waals surface area contributed by atoms with Crippen LogP contribution < -0.4 is 10.2 Å². The highest BCUT2D eigenvalue weighted by Gasteiger charge is 2.30. The van der Waals surface area contributed by atoms with E-state index in [0.29, 0.717) is 25.2 Å². The lowest BCUT2D eigenvalue weighted by Crippen LogP contribution is -2.54. The van der Waals surface area contributed by atoms with Crippen LogP contribution in [-0.2, 0) is 0 Å². The van der Waals surface area contributed by atoms with Crippen molar-refractivity contribution in [2.75, 3.05) is 18.0 Å². The molecule has 0 aliphatic carbocycles. The fourth-order valence-electron chi connectivity index (χ4n) is 3.15. The second-order valence-corrected chi connectivity index (χ2v) is 6.31. The summed E-state index contributed by atoms with van der Waals surface area (Å²) in [6, 6.07) is 12.6. The second-order valence-electron chi connectivity index (χ2n) is 6.31. The molecule has 3 heterocycles. The summed E-state index contributed by atoms with van der Waals surface area (Å²) in [5.41, 5.74) is 2.02. The molecule has 132 valence electrons. The minimum absolute atomic E-state index is 0.270. The minimum atomic E-state index is -0.690. The number of nitrogens with zero attached hydrogens (tertiary/aromatic N) is 4. The number of fused-ring (bicyclic) bond motifs is 1. The Morgan fingerprint density at radius 2 is 1.92 bits per heavy atom. The molecule has 2 aromatic heterocycles. The molecule has 1 aliphatic heterocycles. The van der Waals surface area contributed by atoms with E-state index < -0.39 is 6.10 Å². The summed E-state index contributed by atoms with van der Waals surface area (Å²) in [6.07, 6.45) is 3.23. The van der Waals surface area contributed by atoms with Gasteiger partial charge in [-0.25, -0.2) is 4.98 Å². The number of hydrogen-bond acceptors (Lipinski definition) is 6. The number of hydrogen-bond donors (Lipinski definition) is 2. The number of nitrogens with one attached hydrogen (secondary N) is 1. The summed E-state index contributed by atoms with van der Waals surface area (Å²) in [5.74, 6) is 0.464. The van der Waals surface area contributed by atoms with Gasteiger partial charge in [0.2, 0.25) is 0 Å². The molecule has 0 radical (unpaired) electrons. The number of β-amino-alcohol motifs (C(OH)–C–C–N with tert-alkyl or cyclic N) is 1. The molecule has 2 atom stereocenters. The van der Waals surface area contributed by atoms with Gasteiger partial charge in [0.15, 0.2) is 0 Å². The van der Waals surface area contributed by atoms with Gasteiger partial charge in [0, 0.05) is 19.3 Å². The fourth-order valence-corrected chi connectivity index (χ4v) is 3.15. The third kappa shape index (κ3) is 3.34. The number of rotatable bonds is 3. The Morgan fingerprint density at radius 3 is 2.69 bits per heavy atom. The number of aromatic nitrogens is 3. The molecule has 4 rings (SSSR count). The van der Waals surface area contributed by atoms with E-state index in [1.165, 1.54) is 0 Å². The van der Waals surface area contributed by atoms with Gasteiger partial charge in [-0.05, 0) is 30.7 Å². The van der Waals surface area contributed by atoms with Gasteiger partial charge in [-0.3, -0.25) is 14.8 Å². The predicted octanol–water partition coefficient (Wildman–Crippen LogP) is 1.39. The Bertz CT molecular complexity index is 918. The molecular formula is C19H19N5O2. The van der Waals surface area contributed by atoms with Gasteiger partial charge in [-0.1, -0.05) is 18.2 Å². The van der Waals surface area contributed by atoms with Crippen LogP contribution >= 0.6 is 0 Å². The Morgan fingerprint density at radius 1 is 1.12 bits per heavy atom. The van der Waals surface area contributed by atoms with Crippen molar-refractivity contribution in [3.05, 3.63) is 60.6 Å². The lowest BCUT2D eigenvalue weighted by atomic mass is 10.0. The Hall–Kier alpha value is -3.06. The number of aliphatic hydroxyl groups is 1. The van der Waals surface area contributed by atoms with E-state index in [-0.39, 0.29) is 11.9 Å². The van der Waals surface area contributed by atoms with Crippen LogP contribution in [0, 0.1) is 0 Å². The van der Waals surface area contributed by atoms with Crippen LogP contribution in [0.4, 0.5) is 5.82 Å². The number of carbonyl (C=O) groups is 1. The molecule has 1 saturated heterocycles. The normalized spacial score (nSPS) is 20.1. The van der Waals surface area contributed by atoms with Gasteiger partial charge >= 0.3 is 0 Å². The van der Waals surface area contributed by atoms with E-state index in [1.54, 1.807) is 30.6 Å².